The number of hydrogen-bond donors (Lipinski definition) is 2. The van der Waals surface area contributed by atoms with E-state index in [1.54, 1.807) is 0 Å². The maximum Gasteiger partial charge on any atom is 0.236 e. The topological polar surface area (TPSA) is 52.6 Å². The van der Waals surface area contributed by atoms with Crippen molar-refractivity contribution in [3.05, 3.63) is 0 Å². The number of amides is 1. The number of likely N-dealkylation sites (tertiary alicyclic amines) is 1. The first-order valence-corrected chi connectivity index (χ1v) is 5.89. The Morgan fingerprint density at radius 1 is 1.47 bits per heavy atom. The fraction of sp³-hybridized carbons (Fsp3) is 0.909. The summed E-state index contributed by atoms with van der Waals surface area (Å²) in [5.41, 5.74) is 0. The van der Waals surface area contributed by atoms with E-state index in [2.05, 4.69) is 5.32 Å². The van der Waals surface area contributed by atoms with Gasteiger partial charge in [-0.15, -0.1) is 0 Å². The first kappa shape index (κ1) is 10.9. The predicted molar refractivity (Wildman–Crippen MR) is 57.3 cm³/mol. The summed E-state index contributed by atoms with van der Waals surface area (Å²) in [6.45, 7) is 4.87. The van der Waals surface area contributed by atoms with Crippen LogP contribution in [0.15, 0.2) is 0 Å². The number of nitrogens with one attached hydrogen (secondary N) is 1. The Labute approximate surface area is 90.6 Å². The van der Waals surface area contributed by atoms with E-state index >= 15 is 0 Å². The van der Waals surface area contributed by atoms with E-state index in [1.165, 1.54) is 0 Å². The molecule has 0 radical (unpaired) electrons. The lowest BCUT2D eigenvalue weighted by molar-refractivity contribution is -0.129. The Hall–Kier alpha value is -0.610. The number of hydrogen-bond acceptors (Lipinski definition) is 3. The van der Waals surface area contributed by atoms with E-state index in [1.807, 2.05) is 11.8 Å². The molecule has 0 bridgehead atoms. The molecule has 3 unspecified atom stereocenters. The summed E-state index contributed by atoms with van der Waals surface area (Å²) in [4.78, 5) is 13.6. The number of carbonyl (C=O) groups excluding carboxylic acids is 1. The molecule has 1 amide bonds. The minimum atomic E-state index is -0.174. The molecule has 0 spiro atoms. The molecule has 2 aliphatic rings. The maximum atomic E-state index is 11.7. The van der Waals surface area contributed by atoms with Crippen molar-refractivity contribution in [3.8, 4) is 0 Å². The highest BCUT2D eigenvalue weighted by atomic mass is 16.3. The molecule has 1 saturated carbocycles. The van der Waals surface area contributed by atoms with Crippen LogP contribution in [0.5, 0.6) is 0 Å². The van der Waals surface area contributed by atoms with Crippen molar-refractivity contribution in [1.82, 2.24) is 10.2 Å². The van der Waals surface area contributed by atoms with Crippen LogP contribution in [0.3, 0.4) is 0 Å². The molecule has 2 N–H and O–H groups in total. The van der Waals surface area contributed by atoms with Crippen molar-refractivity contribution in [3.63, 3.8) is 0 Å². The average Bonchev–Trinajstić information content (AvgIpc) is 2.78. The zero-order valence-electron chi connectivity index (χ0n) is 9.28. The summed E-state index contributed by atoms with van der Waals surface area (Å²) in [5.74, 6) is 1.07. The Morgan fingerprint density at radius 3 is 2.93 bits per heavy atom. The molecule has 2 rings (SSSR count). The lowest BCUT2D eigenvalue weighted by atomic mass is 10.00. The van der Waals surface area contributed by atoms with E-state index < -0.39 is 0 Å². The van der Waals surface area contributed by atoms with Crippen molar-refractivity contribution in [2.75, 3.05) is 26.2 Å². The number of fused-ring (bicyclic) bond motifs is 1. The molecule has 0 aromatic rings. The number of aliphatic hydroxyl groups excluding tert-OH is 1. The highest BCUT2D eigenvalue weighted by Gasteiger charge is 2.42. The molecule has 86 valence electrons. The molecule has 1 aliphatic heterocycles. The summed E-state index contributed by atoms with van der Waals surface area (Å²) >= 11 is 0. The van der Waals surface area contributed by atoms with Crippen LogP contribution < -0.4 is 5.32 Å². The summed E-state index contributed by atoms with van der Waals surface area (Å²) in [6.07, 6.45) is 1.83. The molecule has 2 fully saturated rings. The van der Waals surface area contributed by atoms with Gasteiger partial charge in [0.15, 0.2) is 0 Å². The van der Waals surface area contributed by atoms with Gasteiger partial charge in [-0.3, -0.25) is 4.79 Å². The van der Waals surface area contributed by atoms with E-state index in [4.69, 9.17) is 0 Å². The lowest BCUT2D eigenvalue weighted by Crippen LogP contribution is -2.37. The van der Waals surface area contributed by atoms with E-state index in [0.717, 1.165) is 32.5 Å². The second-order valence-corrected chi connectivity index (χ2v) is 4.65. The number of likely N-dealkylation sites (N-methyl/N-ethyl adjacent to an activating group) is 1. The van der Waals surface area contributed by atoms with Gasteiger partial charge in [-0.2, -0.15) is 0 Å². The second-order valence-electron chi connectivity index (χ2n) is 4.65. The Morgan fingerprint density at radius 2 is 2.27 bits per heavy atom. The first-order valence-electron chi connectivity index (χ1n) is 5.89. The van der Waals surface area contributed by atoms with E-state index in [9.17, 15) is 9.90 Å². The Bertz CT molecular complexity index is 245. The van der Waals surface area contributed by atoms with Crippen molar-refractivity contribution < 1.29 is 9.90 Å². The van der Waals surface area contributed by atoms with E-state index in [-0.39, 0.29) is 12.0 Å². The summed E-state index contributed by atoms with van der Waals surface area (Å²) < 4.78 is 0. The molecule has 1 heterocycles. The fourth-order valence-corrected chi connectivity index (χ4v) is 2.78. The van der Waals surface area contributed by atoms with Crippen LogP contribution in [-0.4, -0.2) is 48.2 Å². The largest absolute Gasteiger partial charge is 0.393 e. The van der Waals surface area contributed by atoms with Gasteiger partial charge in [0.25, 0.3) is 0 Å². The minimum absolute atomic E-state index is 0.174. The van der Waals surface area contributed by atoms with Gasteiger partial charge in [-0.25, -0.2) is 0 Å². The quantitative estimate of drug-likeness (QED) is 0.682. The van der Waals surface area contributed by atoms with Crippen LogP contribution in [0.1, 0.15) is 19.8 Å². The van der Waals surface area contributed by atoms with Crippen LogP contribution in [0.4, 0.5) is 0 Å². The fourth-order valence-electron chi connectivity index (χ4n) is 2.78. The third-order valence-corrected chi connectivity index (χ3v) is 3.70. The highest BCUT2D eigenvalue weighted by molar-refractivity contribution is 5.78. The van der Waals surface area contributed by atoms with Gasteiger partial charge in [-0.1, -0.05) is 6.92 Å². The molecule has 0 aromatic carbocycles. The van der Waals surface area contributed by atoms with E-state index in [0.29, 0.717) is 18.4 Å². The Kier molecular flexibility index (Phi) is 3.26. The minimum Gasteiger partial charge on any atom is -0.393 e. The normalized spacial score (nSPS) is 34.5. The highest BCUT2D eigenvalue weighted by Crippen LogP contribution is 2.37. The Balaban J connectivity index is 1.85. The van der Waals surface area contributed by atoms with Gasteiger partial charge in [0.1, 0.15) is 0 Å². The molecular formula is C11H20N2O2. The van der Waals surface area contributed by atoms with Crippen molar-refractivity contribution in [2.24, 2.45) is 11.8 Å². The summed E-state index contributed by atoms with van der Waals surface area (Å²) in [5, 5.41) is 12.8. The smallest absolute Gasteiger partial charge is 0.236 e. The van der Waals surface area contributed by atoms with Gasteiger partial charge >= 0.3 is 0 Å². The summed E-state index contributed by atoms with van der Waals surface area (Å²) in [7, 11) is 0. The molecule has 4 heteroatoms. The van der Waals surface area contributed by atoms with Gasteiger partial charge in [0, 0.05) is 19.0 Å². The monoisotopic (exact) mass is 212 g/mol. The molecular weight excluding hydrogens is 192 g/mol. The van der Waals surface area contributed by atoms with Gasteiger partial charge in [0.05, 0.1) is 12.6 Å². The van der Waals surface area contributed by atoms with Gasteiger partial charge < -0.3 is 15.3 Å². The first-order chi connectivity index (χ1) is 7.22. The SMILES string of the molecule is CCNCC(=O)N1CC2CCC(O)C2C1. The summed E-state index contributed by atoms with van der Waals surface area (Å²) in [6, 6.07) is 0. The third-order valence-electron chi connectivity index (χ3n) is 3.70. The number of rotatable bonds is 3. The molecule has 0 aromatic heterocycles. The average molecular weight is 212 g/mol. The van der Waals surface area contributed by atoms with Crippen LogP contribution >= 0.6 is 0 Å². The number of aliphatic hydroxyl groups is 1. The van der Waals surface area contributed by atoms with Gasteiger partial charge in [-0.05, 0) is 25.3 Å². The standard InChI is InChI=1S/C11H20N2O2/c1-2-12-5-11(15)13-6-8-3-4-10(14)9(8)7-13/h8-10,12,14H,2-7H2,1H3. The zero-order valence-corrected chi connectivity index (χ0v) is 9.28. The second kappa shape index (κ2) is 4.49. The van der Waals surface area contributed by atoms with Crippen LogP contribution in [0.2, 0.25) is 0 Å². The molecule has 15 heavy (non-hydrogen) atoms. The number of carbonyl (C=O) groups is 1. The zero-order chi connectivity index (χ0) is 10.8. The van der Waals surface area contributed by atoms with Crippen LogP contribution in [0, 0.1) is 11.8 Å². The molecule has 1 saturated heterocycles. The predicted octanol–water partition coefficient (Wildman–Crippen LogP) is -0.175. The van der Waals surface area contributed by atoms with Crippen molar-refractivity contribution in [1.29, 1.82) is 0 Å². The molecule has 3 atom stereocenters. The van der Waals surface area contributed by atoms with Crippen LogP contribution in [-0.2, 0) is 4.79 Å². The maximum absolute atomic E-state index is 11.7. The number of nitrogens with zero attached hydrogens (tertiary/aromatic N) is 1. The van der Waals surface area contributed by atoms with Crippen LogP contribution in [0.25, 0.3) is 0 Å². The lowest BCUT2D eigenvalue weighted by Gasteiger charge is -2.18. The third kappa shape index (κ3) is 2.16. The van der Waals surface area contributed by atoms with Crippen molar-refractivity contribution >= 4 is 5.91 Å². The van der Waals surface area contributed by atoms with Gasteiger partial charge in [0.2, 0.25) is 5.91 Å². The molecule has 1 aliphatic carbocycles. The molecule has 4 nitrogen and oxygen atoms in total. The van der Waals surface area contributed by atoms with Crippen molar-refractivity contribution in [2.45, 2.75) is 25.9 Å².